The van der Waals surface area contributed by atoms with E-state index in [9.17, 15) is 9.90 Å². The van der Waals surface area contributed by atoms with Crippen molar-refractivity contribution < 1.29 is 14.6 Å². The summed E-state index contributed by atoms with van der Waals surface area (Å²) in [5.74, 6) is 0. The molecule has 0 spiro atoms. The lowest BCUT2D eigenvalue weighted by Gasteiger charge is -2.33. The van der Waals surface area contributed by atoms with E-state index in [2.05, 4.69) is 6.92 Å². The summed E-state index contributed by atoms with van der Waals surface area (Å²) in [6.45, 7) is 8.34. The fourth-order valence-electron chi connectivity index (χ4n) is 2.30. The number of ether oxygens (including phenoxy) is 1. The molecular formula is C16H29NO3. The van der Waals surface area contributed by atoms with Crippen molar-refractivity contribution in [1.29, 1.82) is 0 Å². The lowest BCUT2D eigenvalue weighted by Crippen LogP contribution is -2.41. The minimum absolute atomic E-state index is 0.349. The Morgan fingerprint density at radius 1 is 1.45 bits per heavy atom. The van der Waals surface area contributed by atoms with Crippen LogP contribution in [-0.2, 0) is 4.74 Å². The van der Waals surface area contributed by atoms with E-state index in [1.165, 1.54) is 0 Å². The second-order valence-electron chi connectivity index (χ2n) is 6.41. The third-order valence-electron chi connectivity index (χ3n) is 3.29. The molecule has 1 atom stereocenters. The molecule has 1 rings (SSSR count). The van der Waals surface area contributed by atoms with E-state index < -0.39 is 11.7 Å². The smallest absolute Gasteiger partial charge is 0.414 e. The first-order valence-electron chi connectivity index (χ1n) is 7.73. The van der Waals surface area contributed by atoms with Crippen molar-refractivity contribution in [3.05, 3.63) is 11.8 Å². The van der Waals surface area contributed by atoms with Crippen molar-refractivity contribution in [2.45, 2.75) is 77.9 Å². The number of hydrogen-bond acceptors (Lipinski definition) is 3. The summed E-state index contributed by atoms with van der Waals surface area (Å²) >= 11 is 0. The van der Waals surface area contributed by atoms with E-state index in [4.69, 9.17) is 4.74 Å². The summed E-state index contributed by atoms with van der Waals surface area (Å²) in [4.78, 5) is 13.8. The van der Waals surface area contributed by atoms with Crippen LogP contribution in [0.25, 0.3) is 0 Å². The summed E-state index contributed by atoms with van der Waals surface area (Å²) in [5.41, 5.74) is 0.217. The summed E-state index contributed by atoms with van der Waals surface area (Å²) < 4.78 is 5.42. The molecule has 116 valence electrons. The Kier molecular flexibility index (Phi) is 6.53. The molecule has 0 aromatic heterocycles. The van der Waals surface area contributed by atoms with Gasteiger partial charge in [-0.05, 0) is 40.0 Å². The van der Waals surface area contributed by atoms with Gasteiger partial charge in [0, 0.05) is 12.2 Å². The maximum atomic E-state index is 12.2. The van der Waals surface area contributed by atoms with E-state index >= 15 is 0 Å². The van der Waals surface area contributed by atoms with Gasteiger partial charge in [0.25, 0.3) is 0 Å². The number of nitrogens with zero attached hydrogens (tertiary/aromatic N) is 1. The molecule has 0 aromatic rings. The second-order valence-corrected chi connectivity index (χ2v) is 6.41. The van der Waals surface area contributed by atoms with Gasteiger partial charge < -0.3 is 9.84 Å². The summed E-state index contributed by atoms with van der Waals surface area (Å²) in [6, 6.07) is 0. The molecule has 4 heteroatoms. The van der Waals surface area contributed by atoms with Gasteiger partial charge in [-0.1, -0.05) is 32.3 Å². The Hall–Kier alpha value is -1.03. The number of rotatable bonds is 5. The van der Waals surface area contributed by atoms with Crippen LogP contribution in [0.5, 0.6) is 0 Å². The number of aliphatic hydroxyl groups is 1. The number of amides is 1. The fourth-order valence-corrected chi connectivity index (χ4v) is 2.30. The molecule has 0 aliphatic carbocycles. The molecule has 20 heavy (non-hydrogen) atoms. The molecule has 0 fully saturated rings. The van der Waals surface area contributed by atoms with Gasteiger partial charge in [0.2, 0.25) is 0 Å². The predicted molar refractivity (Wildman–Crippen MR) is 80.4 cm³/mol. The molecule has 0 aromatic carbocycles. The SMILES string of the molecule is CCCCCC(O)C1=CCCCN1C(=O)OC(C)(C)C. The van der Waals surface area contributed by atoms with Crippen LogP contribution in [0.15, 0.2) is 11.8 Å². The van der Waals surface area contributed by atoms with E-state index in [0.717, 1.165) is 37.8 Å². The van der Waals surface area contributed by atoms with Gasteiger partial charge in [0.05, 0.1) is 6.10 Å². The zero-order chi connectivity index (χ0) is 15.2. The number of hydrogen-bond donors (Lipinski definition) is 1. The molecule has 1 aliphatic rings. The van der Waals surface area contributed by atoms with Crippen molar-refractivity contribution >= 4 is 6.09 Å². The number of aliphatic hydroxyl groups excluding tert-OH is 1. The van der Waals surface area contributed by atoms with Crippen LogP contribution in [-0.4, -0.2) is 34.3 Å². The number of carbonyl (C=O) groups is 1. The average molecular weight is 283 g/mol. The van der Waals surface area contributed by atoms with E-state index in [1.54, 1.807) is 4.90 Å². The van der Waals surface area contributed by atoms with E-state index in [0.29, 0.717) is 13.0 Å². The lowest BCUT2D eigenvalue weighted by atomic mass is 10.0. The highest BCUT2D eigenvalue weighted by atomic mass is 16.6. The van der Waals surface area contributed by atoms with Crippen LogP contribution in [0.3, 0.4) is 0 Å². The molecule has 0 radical (unpaired) electrons. The van der Waals surface area contributed by atoms with Crippen molar-refractivity contribution in [3.63, 3.8) is 0 Å². The van der Waals surface area contributed by atoms with Gasteiger partial charge in [-0.3, -0.25) is 4.90 Å². The maximum absolute atomic E-state index is 12.2. The zero-order valence-corrected chi connectivity index (χ0v) is 13.3. The Labute approximate surface area is 122 Å². The van der Waals surface area contributed by atoms with Crippen molar-refractivity contribution in [2.24, 2.45) is 0 Å². The van der Waals surface area contributed by atoms with Crippen LogP contribution in [0.4, 0.5) is 4.79 Å². The Morgan fingerprint density at radius 2 is 2.15 bits per heavy atom. The number of carbonyl (C=O) groups excluding carboxylic acids is 1. The summed E-state index contributed by atoms with van der Waals surface area (Å²) in [5, 5.41) is 10.3. The summed E-state index contributed by atoms with van der Waals surface area (Å²) in [6.07, 6.45) is 6.83. The molecule has 0 saturated carbocycles. The van der Waals surface area contributed by atoms with Gasteiger partial charge >= 0.3 is 6.09 Å². The van der Waals surface area contributed by atoms with Crippen molar-refractivity contribution in [1.82, 2.24) is 4.90 Å². The monoisotopic (exact) mass is 283 g/mol. The predicted octanol–water partition coefficient (Wildman–Crippen LogP) is 3.84. The first-order chi connectivity index (χ1) is 9.35. The molecule has 1 aliphatic heterocycles. The topological polar surface area (TPSA) is 49.8 Å². The first kappa shape index (κ1) is 17.0. The maximum Gasteiger partial charge on any atom is 0.414 e. The minimum Gasteiger partial charge on any atom is -0.443 e. The Morgan fingerprint density at radius 3 is 2.75 bits per heavy atom. The molecule has 4 nitrogen and oxygen atoms in total. The minimum atomic E-state index is -0.561. The molecule has 1 N–H and O–H groups in total. The molecule has 1 amide bonds. The van der Waals surface area contributed by atoms with Gasteiger partial charge in [0.1, 0.15) is 5.60 Å². The van der Waals surface area contributed by atoms with Crippen LogP contribution in [0.2, 0.25) is 0 Å². The largest absolute Gasteiger partial charge is 0.443 e. The second kappa shape index (κ2) is 7.67. The van der Waals surface area contributed by atoms with Gasteiger partial charge in [-0.15, -0.1) is 0 Å². The number of allylic oxidation sites excluding steroid dienone is 1. The van der Waals surface area contributed by atoms with Gasteiger partial charge in [0.15, 0.2) is 0 Å². The molecule has 1 heterocycles. The molecule has 1 unspecified atom stereocenters. The van der Waals surface area contributed by atoms with Crippen LogP contribution >= 0.6 is 0 Å². The van der Waals surface area contributed by atoms with Crippen LogP contribution < -0.4 is 0 Å². The van der Waals surface area contributed by atoms with Crippen molar-refractivity contribution in [2.75, 3.05) is 6.54 Å². The van der Waals surface area contributed by atoms with Gasteiger partial charge in [-0.2, -0.15) is 0 Å². The lowest BCUT2D eigenvalue weighted by molar-refractivity contribution is 0.0237. The standard InChI is InChI=1S/C16H29NO3/c1-5-6-7-11-14(18)13-10-8-9-12-17(13)15(19)20-16(2,3)4/h10,14,18H,5-9,11-12H2,1-4H3. The normalized spacial score (nSPS) is 17.6. The summed E-state index contributed by atoms with van der Waals surface area (Å²) in [7, 11) is 0. The Bertz CT molecular complexity index is 344. The highest BCUT2D eigenvalue weighted by Gasteiger charge is 2.29. The third-order valence-corrected chi connectivity index (χ3v) is 3.29. The molecular weight excluding hydrogens is 254 g/mol. The highest BCUT2D eigenvalue weighted by molar-refractivity contribution is 5.71. The van der Waals surface area contributed by atoms with Crippen LogP contribution in [0.1, 0.15) is 66.2 Å². The average Bonchev–Trinajstić information content (AvgIpc) is 2.37. The fraction of sp³-hybridized carbons (Fsp3) is 0.812. The van der Waals surface area contributed by atoms with Gasteiger partial charge in [-0.25, -0.2) is 4.79 Å². The third kappa shape index (κ3) is 5.53. The van der Waals surface area contributed by atoms with E-state index in [1.807, 2.05) is 26.8 Å². The quantitative estimate of drug-likeness (QED) is 0.780. The van der Waals surface area contributed by atoms with E-state index in [-0.39, 0.29) is 6.09 Å². The molecule has 0 bridgehead atoms. The number of unbranched alkanes of at least 4 members (excludes halogenated alkanes) is 2. The van der Waals surface area contributed by atoms with Crippen LogP contribution in [0, 0.1) is 0 Å². The Balaban J connectivity index is 2.66. The zero-order valence-electron chi connectivity index (χ0n) is 13.3. The molecule has 0 saturated heterocycles. The first-order valence-corrected chi connectivity index (χ1v) is 7.73. The van der Waals surface area contributed by atoms with Crippen molar-refractivity contribution in [3.8, 4) is 0 Å². The highest BCUT2D eigenvalue weighted by Crippen LogP contribution is 2.23.